The molecular formula is C4H8CaF2. The molecule has 0 aliphatic heterocycles. The molecule has 0 amide bonds. The Morgan fingerprint density at radius 1 is 1.71 bits per heavy atom. The largest absolute Gasteiger partial charge is 2.00 e. The van der Waals surface area contributed by atoms with Gasteiger partial charge in [-0.05, 0) is 12.5 Å². The molecule has 7 heavy (non-hydrogen) atoms. The van der Waals surface area contributed by atoms with E-state index in [0.29, 0.717) is 6.42 Å². The van der Waals surface area contributed by atoms with Gasteiger partial charge in [-0.1, -0.05) is 6.92 Å². The number of hydrogen-bond acceptors (Lipinski definition) is 0. The molecule has 0 aromatic carbocycles. The molecule has 0 nitrogen and oxygen atoms in total. The van der Waals surface area contributed by atoms with Crippen molar-refractivity contribution in [3.05, 3.63) is 12.2 Å². The van der Waals surface area contributed by atoms with Crippen molar-refractivity contribution in [2.75, 3.05) is 0 Å². The van der Waals surface area contributed by atoms with Gasteiger partial charge < -0.3 is 2.85 Å². The quantitative estimate of drug-likeness (QED) is 0.481. The van der Waals surface area contributed by atoms with E-state index in [2.05, 4.69) is 0 Å². The fourth-order valence-corrected chi connectivity index (χ4v) is 0.154. The van der Waals surface area contributed by atoms with Crippen molar-refractivity contribution in [3.63, 3.8) is 0 Å². The minimum absolute atomic E-state index is 0. The zero-order valence-electron chi connectivity index (χ0n) is 6.25. The molecule has 0 aliphatic carbocycles. The third kappa shape index (κ3) is 10.9. The molecule has 40 valence electrons. The number of allylic oxidation sites excluding steroid dienone is 1. The summed E-state index contributed by atoms with van der Waals surface area (Å²) in [6, 6.07) is 0. The van der Waals surface area contributed by atoms with Crippen molar-refractivity contribution in [1.29, 1.82) is 0 Å². The van der Waals surface area contributed by atoms with E-state index in [9.17, 15) is 8.78 Å². The van der Waals surface area contributed by atoms with Gasteiger partial charge in [-0.2, -0.15) is 8.78 Å². The minimum atomic E-state index is -1.59. The second-order valence-corrected chi connectivity index (χ2v) is 0.902. The van der Waals surface area contributed by atoms with Gasteiger partial charge in [0.2, 0.25) is 0 Å². The zero-order chi connectivity index (χ0) is 4.99. The molecule has 0 rings (SSSR count). The number of rotatable bonds is 1. The van der Waals surface area contributed by atoms with E-state index in [1.165, 1.54) is 0 Å². The van der Waals surface area contributed by atoms with E-state index in [4.69, 9.17) is 0 Å². The van der Waals surface area contributed by atoms with Crippen LogP contribution in [0, 0.1) is 0 Å². The summed E-state index contributed by atoms with van der Waals surface area (Å²) in [4.78, 5) is 0. The monoisotopic (exact) mass is 134 g/mol. The van der Waals surface area contributed by atoms with Gasteiger partial charge in [0.05, 0.1) is 0 Å². The van der Waals surface area contributed by atoms with Crippen LogP contribution in [0.2, 0.25) is 0 Å². The predicted molar refractivity (Wildman–Crippen MR) is 28.6 cm³/mol. The molecular weight excluding hydrogens is 126 g/mol. The van der Waals surface area contributed by atoms with Crippen LogP contribution in [0.5, 0.6) is 0 Å². The first-order chi connectivity index (χ1) is 2.77. The Hall–Kier alpha value is 0.860. The Labute approximate surface area is 74.6 Å². The van der Waals surface area contributed by atoms with Crippen LogP contribution < -0.4 is 0 Å². The van der Waals surface area contributed by atoms with Crippen molar-refractivity contribution in [2.45, 2.75) is 13.3 Å². The Balaban J connectivity index is -0.0000000417. The van der Waals surface area contributed by atoms with Crippen LogP contribution in [0.3, 0.4) is 0 Å². The molecule has 0 fully saturated rings. The van der Waals surface area contributed by atoms with Crippen molar-refractivity contribution in [2.24, 2.45) is 0 Å². The molecule has 0 spiro atoms. The molecule has 0 aromatic rings. The van der Waals surface area contributed by atoms with Gasteiger partial charge in [0.15, 0.2) is 0 Å². The van der Waals surface area contributed by atoms with Crippen LogP contribution in [0.1, 0.15) is 16.2 Å². The van der Waals surface area contributed by atoms with Gasteiger partial charge in [0.25, 0.3) is 6.08 Å². The van der Waals surface area contributed by atoms with E-state index < -0.39 is 6.08 Å². The summed E-state index contributed by atoms with van der Waals surface area (Å²) >= 11 is 0. The van der Waals surface area contributed by atoms with Gasteiger partial charge in [-0.15, -0.1) is 0 Å². The molecule has 3 heteroatoms. The second kappa shape index (κ2) is 6.86. The molecule has 0 heterocycles. The summed E-state index contributed by atoms with van der Waals surface area (Å²) in [7, 11) is 0. The van der Waals surface area contributed by atoms with Crippen molar-refractivity contribution in [1.82, 2.24) is 0 Å². The first-order valence-corrected chi connectivity index (χ1v) is 1.78. The number of hydrogen-bond donors (Lipinski definition) is 0. The molecule has 0 bridgehead atoms. The van der Waals surface area contributed by atoms with Crippen molar-refractivity contribution in [3.8, 4) is 0 Å². The normalized spacial score (nSPS) is 6.71. The summed E-state index contributed by atoms with van der Waals surface area (Å²) in [5.41, 5.74) is 0. The van der Waals surface area contributed by atoms with E-state index in [0.717, 1.165) is 6.08 Å². The molecule has 0 unspecified atom stereocenters. The fraction of sp³-hybridized carbons (Fsp3) is 0.500. The number of halogens is 2. The van der Waals surface area contributed by atoms with Crippen molar-refractivity contribution >= 4 is 37.7 Å². The topological polar surface area (TPSA) is 0 Å². The van der Waals surface area contributed by atoms with Crippen LogP contribution in [-0.2, 0) is 0 Å². The van der Waals surface area contributed by atoms with Gasteiger partial charge >= 0.3 is 37.7 Å². The maximum Gasteiger partial charge on any atom is 2.00 e. The molecule has 0 aromatic heterocycles. The van der Waals surface area contributed by atoms with Crippen LogP contribution in [0.4, 0.5) is 8.78 Å². The fourth-order valence-electron chi connectivity index (χ4n) is 0.154. The molecule has 0 radical (unpaired) electrons. The van der Waals surface area contributed by atoms with Crippen LogP contribution in [0.15, 0.2) is 12.2 Å². The predicted octanol–water partition coefficient (Wildman–Crippen LogP) is 2.02. The molecule has 0 aliphatic rings. The van der Waals surface area contributed by atoms with Crippen LogP contribution >= 0.6 is 0 Å². The minimum Gasteiger partial charge on any atom is -1.00 e. The van der Waals surface area contributed by atoms with Gasteiger partial charge in [0.1, 0.15) is 0 Å². The summed E-state index contributed by atoms with van der Waals surface area (Å²) in [6.45, 7) is 1.67. The Bertz CT molecular complexity index is 63.6. The maximum absolute atomic E-state index is 10.9. The molecule has 0 saturated heterocycles. The first-order valence-electron chi connectivity index (χ1n) is 1.78. The zero-order valence-corrected chi connectivity index (χ0v) is 6.46. The average molecular weight is 134 g/mol. The van der Waals surface area contributed by atoms with E-state index in [1.54, 1.807) is 6.92 Å². The molecule has 0 N–H and O–H groups in total. The van der Waals surface area contributed by atoms with Gasteiger partial charge in [-0.25, -0.2) is 0 Å². The standard InChI is InChI=1S/C4H6F2.Ca.2H/c1-2-3-4(5)6;;;/h3H,2H2,1H3;;;/q;+2;2*-1. The SMILES string of the molecule is CCC=C(F)F.[Ca+2].[H-].[H-]. The molecule has 0 saturated carbocycles. The van der Waals surface area contributed by atoms with Crippen molar-refractivity contribution < 1.29 is 11.6 Å². The first kappa shape index (κ1) is 10.8. The van der Waals surface area contributed by atoms with Gasteiger partial charge in [0, 0.05) is 0 Å². The molecule has 0 atom stereocenters. The second-order valence-electron chi connectivity index (χ2n) is 0.902. The van der Waals surface area contributed by atoms with E-state index >= 15 is 0 Å². The third-order valence-corrected chi connectivity index (χ3v) is 0.358. The smallest absolute Gasteiger partial charge is 1.00 e. The van der Waals surface area contributed by atoms with E-state index in [-0.39, 0.29) is 40.6 Å². The summed E-state index contributed by atoms with van der Waals surface area (Å²) < 4.78 is 21.8. The van der Waals surface area contributed by atoms with Crippen LogP contribution in [0.25, 0.3) is 0 Å². The Kier molecular flexibility index (Phi) is 10.6. The average Bonchev–Trinajstić information content (AvgIpc) is 1.35. The summed E-state index contributed by atoms with van der Waals surface area (Å²) in [5, 5.41) is 0. The maximum atomic E-state index is 10.9. The summed E-state index contributed by atoms with van der Waals surface area (Å²) in [5.74, 6) is 0. The third-order valence-electron chi connectivity index (χ3n) is 0.358. The van der Waals surface area contributed by atoms with E-state index in [1.807, 2.05) is 0 Å². The Morgan fingerprint density at radius 3 is 2.14 bits per heavy atom. The van der Waals surface area contributed by atoms with Crippen LogP contribution in [-0.4, -0.2) is 37.7 Å². The Morgan fingerprint density at radius 2 is 2.14 bits per heavy atom. The van der Waals surface area contributed by atoms with Gasteiger partial charge in [-0.3, -0.25) is 0 Å². The summed E-state index contributed by atoms with van der Waals surface area (Å²) in [6.07, 6.45) is -0.292.